The third kappa shape index (κ3) is 3.20. The minimum absolute atomic E-state index is 0.0653. The van der Waals surface area contributed by atoms with Crippen LogP contribution in [-0.4, -0.2) is 12.1 Å². The molecule has 0 amide bonds. The Bertz CT molecular complexity index is 604. The lowest BCUT2D eigenvalue weighted by Gasteiger charge is -2.23. The smallest absolute Gasteiger partial charge is 0.221 e. The third-order valence-electron chi connectivity index (χ3n) is 2.97. The van der Waals surface area contributed by atoms with Crippen LogP contribution in [0.25, 0.3) is 0 Å². The second kappa shape index (κ2) is 5.41. The van der Waals surface area contributed by atoms with E-state index in [-0.39, 0.29) is 5.41 Å². The molecule has 20 heavy (non-hydrogen) atoms. The highest BCUT2D eigenvalue weighted by Gasteiger charge is 2.20. The maximum atomic E-state index is 5.87. The first kappa shape index (κ1) is 14.2. The summed E-state index contributed by atoms with van der Waals surface area (Å²) < 4.78 is 11.2. The minimum Gasteiger partial charge on any atom is -0.497 e. The lowest BCUT2D eigenvalue weighted by molar-refractivity contribution is 0.405. The Morgan fingerprint density at radius 1 is 1.10 bits per heavy atom. The summed E-state index contributed by atoms with van der Waals surface area (Å²) in [6, 6.07) is 9.19. The van der Waals surface area contributed by atoms with E-state index >= 15 is 0 Å². The number of hydrogen-bond acceptors (Lipinski definition) is 4. The summed E-state index contributed by atoms with van der Waals surface area (Å²) in [6.07, 6.45) is 1.63. The molecule has 0 atom stereocenters. The summed E-state index contributed by atoms with van der Waals surface area (Å²) in [5.74, 6) is 2.06. The molecule has 4 heteroatoms. The van der Waals surface area contributed by atoms with Crippen molar-refractivity contribution < 1.29 is 9.47 Å². The number of pyridine rings is 1. The second-order valence-electron chi connectivity index (χ2n) is 5.64. The molecule has 0 saturated heterocycles. The Kier molecular flexibility index (Phi) is 3.84. The van der Waals surface area contributed by atoms with Crippen LogP contribution < -0.4 is 15.2 Å². The highest BCUT2D eigenvalue weighted by atomic mass is 16.5. The fourth-order valence-electron chi connectivity index (χ4n) is 1.90. The molecule has 0 fully saturated rings. The number of nitrogen functional groups attached to an aromatic ring is 1. The number of methoxy groups -OCH3 is 1. The lowest BCUT2D eigenvalue weighted by Crippen LogP contribution is -2.13. The van der Waals surface area contributed by atoms with Crippen LogP contribution in [0.3, 0.4) is 0 Å². The molecule has 2 aromatic rings. The van der Waals surface area contributed by atoms with Crippen LogP contribution >= 0.6 is 0 Å². The molecule has 106 valence electrons. The van der Waals surface area contributed by atoms with Crippen molar-refractivity contribution >= 4 is 5.69 Å². The fourth-order valence-corrected chi connectivity index (χ4v) is 1.90. The Morgan fingerprint density at radius 3 is 2.45 bits per heavy atom. The van der Waals surface area contributed by atoms with E-state index in [9.17, 15) is 0 Å². The molecule has 2 N–H and O–H groups in total. The average molecular weight is 272 g/mol. The number of benzene rings is 1. The number of aromatic nitrogens is 1. The quantitative estimate of drug-likeness (QED) is 0.924. The van der Waals surface area contributed by atoms with Gasteiger partial charge in [-0.2, -0.15) is 0 Å². The van der Waals surface area contributed by atoms with Crippen LogP contribution in [0.4, 0.5) is 5.69 Å². The molecule has 1 aromatic heterocycles. The maximum Gasteiger partial charge on any atom is 0.221 e. The van der Waals surface area contributed by atoms with Gasteiger partial charge in [-0.1, -0.05) is 20.8 Å². The van der Waals surface area contributed by atoms with Gasteiger partial charge in [-0.3, -0.25) is 0 Å². The molecular weight excluding hydrogens is 252 g/mol. The van der Waals surface area contributed by atoms with Crippen LogP contribution in [0.15, 0.2) is 36.5 Å². The molecule has 1 heterocycles. The zero-order chi connectivity index (χ0) is 14.8. The van der Waals surface area contributed by atoms with Gasteiger partial charge in [0.2, 0.25) is 5.88 Å². The summed E-state index contributed by atoms with van der Waals surface area (Å²) in [5.41, 5.74) is 7.36. The first-order valence-corrected chi connectivity index (χ1v) is 6.48. The molecule has 2 rings (SSSR count). The average Bonchev–Trinajstić information content (AvgIpc) is 2.38. The largest absolute Gasteiger partial charge is 0.497 e. The van der Waals surface area contributed by atoms with Crippen molar-refractivity contribution in [3.63, 3.8) is 0 Å². The zero-order valence-electron chi connectivity index (χ0n) is 12.3. The summed E-state index contributed by atoms with van der Waals surface area (Å²) in [5, 5.41) is 0. The van der Waals surface area contributed by atoms with Gasteiger partial charge >= 0.3 is 0 Å². The van der Waals surface area contributed by atoms with Gasteiger partial charge in [0.25, 0.3) is 0 Å². The lowest BCUT2D eigenvalue weighted by atomic mass is 9.86. The van der Waals surface area contributed by atoms with E-state index in [0.29, 0.717) is 11.6 Å². The van der Waals surface area contributed by atoms with Gasteiger partial charge in [0.1, 0.15) is 11.5 Å². The van der Waals surface area contributed by atoms with E-state index < -0.39 is 0 Å². The van der Waals surface area contributed by atoms with Crippen LogP contribution in [0.1, 0.15) is 26.3 Å². The molecule has 0 saturated carbocycles. The van der Waals surface area contributed by atoms with Gasteiger partial charge in [0.15, 0.2) is 0 Å². The van der Waals surface area contributed by atoms with Crippen LogP contribution in [0, 0.1) is 0 Å². The van der Waals surface area contributed by atoms with Crippen molar-refractivity contribution in [2.45, 2.75) is 26.2 Å². The number of anilines is 1. The summed E-state index contributed by atoms with van der Waals surface area (Å²) in [4.78, 5) is 4.17. The Labute approximate surface area is 119 Å². The predicted octanol–water partition coefficient (Wildman–Crippen LogP) is 3.76. The molecule has 0 aliphatic heterocycles. The molecule has 0 unspecified atom stereocenters. The SMILES string of the molecule is COc1ccc(Oc2cc(N)ccn2)c(C(C)(C)C)c1. The highest BCUT2D eigenvalue weighted by Crippen LogP contribution is 2.36. The normalized spacial score (nSPS) is 11.2. The van der Waals surface area contributed by atoms with Crippen LogP contribution in [0.5, 0.6) is 17.4 Å². The molecule has 0 radical (unpaired) electrons. The molecule has 0 spiro atoms. The number of rotatable bonds is 3. The standard InChI is InChI=1S/C16H20N2O2/c1-16(2,3)13-10-12(19-4)5-6-14(13)20-15-9-11(17)7-8-18-15/h5-10H,1-4H3,(H2,17,18). The minimum atomic E-state index is -0.0653. The van der Waals surface area contributed by atoms with Gasteiger partial charge in [-0.05, 0) is 29.7 Å². The monoisotopic (exact) mass is 272 g/mol. The number of nitrogens with zero attached hydrogens (tertiary/aromatic N) is 1. The predicted molar refractivity (Wildman–Crippen MR) is 80.4 cm³/mol. The van der Waals surface area contributed by atoms with Crippen LogP contribution in [0.2, 0.25) is 0 Å². The highest BCUT2D eigenvalue weighted by molar-refractivity contribution is 5.47. The second-order valence-corrected chi connectivity index (χ2v) is 5.64. The van der Waals surface area contributed by atoms with Crippen molar-refractivity contribution in [2.24, 2.45) is 0 Å². The first-order chi connectivity index (χ1) is 9.40. The summed E-state index contributed by atoms with van der Waals surface area (Å²) in [7, 11) is 1.65. The van der Waals surface area contributed by atoms with Crippen molar-refractivity contribution in [1.29, 1.82) is 0 Å². The van der Waals surface area contributed by atoms with Gasteiger partial charge < -0.3 is 15.2 Å². The Hall–Kier alpha value is -2.23. The van der Waals surface area contributed by atoms with E-state index in [1.165, 1.54) is 0 Å². The van der Waals surface area contributed by atoms with Gasteiger partial charge in [0, 0.05) is 23.5 Å². The Balaban J connectivity index is 2.41. The molecule has 0 aliphatic rings. The van der Waals surface area contributed by atoms with E-state index in [2.05, 4.69) is 25.8 Å². The van der Waals surface area contributed by atoms with Crippen molar-refractivity contribution in [3.8, 4) is 17.4 Å². The van der Waals surface area contributed by atoms with E-state index in [1.54, 1.807) is 25.4 Å². The Morgan fingerprint density at radius 2 is 1.85 bits per heavy atom. The summed E-state index contributed by atoms with van der Waals surface area (Å²) in [6.45, 7) is 6.38. The summed E-state index contributed by atoms with van der Waals surface area (Å²) >= 11 is 0. The van der Waals surface area contributed by atoms with Crippen molar-refractivity contribution in [1.82, 2.24) is 4.98 Å². The van der Waals surface area contributed by atoms with E-state index in [1.807, 2.05) is 18.2 Å². The van der Waals surface area contributed by atoms with Gasteiger partial charge in [-0.15, -0.1) is 0 Å². The first-order valence-electron chi connectivity index (χ1n) is 6.48. The molecule has 0 bridgehead atoms. The van der Waals surface area contributed by atoms with Gasteiger partial charge in [-0.25, -0.2) is 4.98 Å². The van der Waals surface area contributed by atoms with Crippen LogP contribution in [-0.2, 0) is 5.41 Å². The van der Waals surface area contributed by atoms with Crippen molar-refractivity contribution in [3.05, 3.63) is 42.1 Å². The molecule has 1 aromatic carbocycles. The number of nitrogens with two attached hydrogens (primary N) is 1. The molecule has 0 aliphatic carbocycles. The number of ether oxygens (including phenoxy) is 2. The maximum absolute atomic E-state index is 5.87. The number of hydrogen-bond donors (Lipinski definition) is 1. The zero-order valence-corrected chi connectivity index (χ0v) is 12.3. The third-order valence-corrected chi connectivity index (χ3v) is 2.97. The molecule has 4 nitrogen and oxygen atoms in total. The molecular formula is C16H20N2O2. The van der Waals surface area contributed by atoms with Crippen molar-refractivity contribution in [2.75, 3.05) is 12.8 Å². The van der Waals surface area contributed by atoms with E-state index in [0.717, 1.165) is 17.1 Å². The van der Waals surface area contributed by atoms with E-state index in [4.69, 9.17) is 15.2 Å². The fraction of sp³-hybridized carbons (Fsp3) is 0.312. The topological polar surface area (TPSA) is 57.4 Å². The van der Waals surface area contributed by atoms with Gasteiger partial charge in [0.05, 0.1) is 7.11 Å².